The fourth-order valence-corrected chi connectivity index (χ4v) is 3.85. The number of hydrogen-bond donors (Lipinski definition) is 0. The van der Waals surface area contributed by atoms with Gasteiger partial charge in [0.25, 0.3) is 11.1 Å². The Balaban J connectivity index is 2.22. The van der Waals surface area contributed by atoms with E-state index >= 15 is 0 Å². The van der Waals surface area contributed by atoms with Gasteiger partial charge in [0.05, 0.1) is 22.6 Å². The summed E-state index contributed by atoms with van der Waals surface area (Å²) in [6.07, 6.45) is 3.20. The Hall–Kier alpha value is -2.26. The van der Waals surface area contributed by atoms with Gasteiger partial charge < -0.3 is 14.2 Å². The van der Waals surface area contributed by atoms with E-state index in [1.54, 1.807) is 24.3 Å². The van der Waals surface area contributed by atoms with E-state index in [1.807, 2.05) is 20.8 Å². The molecule has 1 saturated heterocycles. The summed E-state index contributed by atoms with van der Waals surface area (Å²) in [6, 6.07) is 3.48. The van der Waals surface area contributed by atoms with Gasteiger partial charge in [0.2, 0.25) is 0 Å². The summed E-state index contributed by atoms with van der Waals surface area (Å²) in [5.74, 6) is 0.0384. The number of carbonyl (C=O) groups is 3. The van der Waals surface area contributed by atoms with Crippen molar-refractivity contribution in [2.24, 2.45) is 5.92 Å². The molecule has 1 aromatic carbocycles. The SMILES string of the molecule is C=CCOc1c(Br)cc(/C=C2/SC(=O)N(CC(=O)OCC(C)C)C2=O)cc1OCC. The molecule has 0 spiro atoms. The van der Waals surface area contributed by atoms with Crippen molar-refractivity contribution in [2.45, 2.75) is 20.8 Å². The lowest BCUT2D eigenvalue weighted by atomic mass is 10.2. The fraction of sp³-hybridized carbons (Fsp3) is 0.381. The maximum atomic E-state index is 12.6. The lowest BCUT2D eigenvalue weighted by Crippen LogP contribution is -2.34. The number of ether oxygens (including phenoxy) is 3. The van der Waals surface area contributed by atoms with Crippen LogP contribution < -0.4 is 9.47 Å². The molecule has 9 heteroatoms. The summed E-state index contributed by atoms with van der Waals surface area (Å²) in [6.45, 7) is 9.85. The zero-order chi connectivity index (χ0) is 22.3. The van der Waals surface area contributed by atoms with Gasteiger partial charge in [-0.15, -0.1) is 0 Å². The highest BCUT2D eigenvalue weighted by Gasteiger charge is 2.36. The molecule has 0 aliphatic carbocycles. The quantitative estimate of drug-likeness (QED) is 0.264. The summed E-state index contributed by atoms with van der Waals surface area (Å²) in [5, 5.41) is -0.511. The second kappa shape index (κ2) is 11.2. The van der Waals surface area contributed by atoms with Gasteiger partial charge in [0, 0.05) is 0 Å². The van der Waals surface area contributed by atoms with Gasteiger partial charge in [-0.05, 0) is 64.3 Å². The van der Waals surface area contributed by atoms with Gasteiger partial charge >= 0.3 is 5.97 Å². The van der Waals surface area contributed by atoms with E-state index in [-0.39, 0.29) is 17.4 Å². The third-order valence-corrected chi connectivity index (χ3v) is 5.21. The summed E-state index contributed by atoms with van der Waals surface area (Å²) in [4.78, 5) is 37.9. The highest BCUT2D eigenvalue weighted by Crippen LogP contribution is 2.39. The average molecular weight is 498 g/mol. The Morgan fingerprint density at radius 2 is 2.03 bits per heavy atom. The maximum absolute atomic E-state index is 12.6. The largest absolute Gasteiger partial charge is 0.490 e. The van der Waals surface area contributed by atoms with Crippen LogP contribution in [0.4, 0.5) is 4.79 Å². The van der Waals surface area contributed by atoms with Crippen molar-refractivity contribution in [1.82, 2.24) is 4.90 Å². The number of imide groups is 1. The molecule has 1 aromatic rings. The molecule has 0 N–H and O–H groups in total. The van der Waals surface area contributed by atoms with Crippen molar-refractivity contribution < 1.29 is 28.6 Å². The summed E-state index contributed by atoms with van der Waals surface area (Å²) in [7, 11) is 0. The number of hydrogen-bond acceptors (Lipinski definition) is 7. The minimum absolute atomic E-state index is 0.167. The molecular weight excluding hydrogens is 474 g/mol. The minimum atomic E-state index is -0.614. The van der Waals surface area contributed by atoms with Crippen molar-refractivity contribution >= 4 is 50.9 Å². The Labute approximate surface area is 188 Å². The third-order valence-electron chi connectivity index (χ3n) is 3.71. The van der Waals surface area contributed by atoms with E-state index in [2.05, 4.69) is 22.5 Å². The molecular formula is C21H24BrNO6S. The molecule has 0 atom stereocenters. The first-order valence-electron chi connectivity index (χ1n) is 9.37. The number of amides is 2. The predicted molar refractivity (Wildman–Crippen MR) is 119 cm³/mol. The molecule has 1 aliphatic heterocycles. The van der Waals surface area contributed by atoms with Crippen molar-refractivity contribution in [2.75, 3.05) is 26.4 Å². The van der Waals surface area contributed by atoms with Crippen molar-refractivity contribution in [3.63, 3.8) is 0 Å². The van der Waals surface area contributed by atoms with Crippen molar-refractivity contribution in [1.29, 1.82) is 0 Å². The lowest BCUT2D eigenvalue weighted by molar-refractivity contribution is -0.147. The van der Waals surface area contributed by atoms with Gasteiger partial charge in [-0.1, -0.05) is 26.5 Å². The normalized spacial score (nSPS) is 15.1. The molecule has 2 rings (SSSR count). The molecule has 7 nitrogen and oxygen atoms in total. The zero-order valence-corrected chi connectivity index (χ0v) is 19.5. The zero-order valence-electron chi connectivity index (χ0n) is 17.1. The molecule has 0 unspecified atom stereocenters. The molecule has 1 heterocycles. The number of carbonyl (C=O) groups excluding carboxylic acids is 3. The fourth-order valence-electron chi connectivity index (χ4n) is 2.44. The van der Waals surface area contributed by atoms with Crippen LogP contribution in [-0.2, 0) is 14.3 Å². The number of benzene rings is 1. The van der Waals surface area contributed by atoms with Gasteiger partial charge in [-0.25, -0.2) is 0 Å². The van der Waals surface area contributed by atoms with Crippen LogP contribution in [0.2, 0.25) is 0 Å². The standard InChI is InChI=1S/C21H24BrNO6S/c1-5-7-28-19-15(22)8-14(9-16(19)27-6-2)10-17-20(25)23(21(26)30-17)11-18(24)29-12-13(3)4/h5,8-10,13H,1,6-7,11-12H2,2-4H3/b17-10+. The minimum Gasteiger partial charge on any atom is -0.490 e. The van der Waals surface area contributed by atoms with Gasteiger partial charge in [0.15, 0.2) is 11.5 Å². The Bertz CT molecular complexity index is 867. The van der Waals surface area contributed by atoms with Gasteiger partial charge in [0.1, 0.15) is 13.2 Å². The van der Waals surface area contributed by atoms with Gasteiger partial charge in [-0.3, -0.25) is 19.3 Å². The molecule has 0 aromatic heterocycles. The van der Waals surface area contributed by atoms with Crippen LogP contribution in [0.25, 0.3) is 6.08 Å². The van der Waals surface area contributed by atoms with E-state index in [0.717, 1.165) is 16.7 Å². The molecule has 1 fully saturated rings. The summed E-state index contributed by atoms with van der Waals surface area (Å²) < 4.78 is 17.0. The number of thioether (sulfide) groups is 1. The first kappa shape index (κ1) is 24.0. The molecule has 0 radical (unpaired) electrons. The maximum Gasteiger partial charge on any atom is 0.326 e. The highest BCUT2D eigenvalue weighted by atomic mass is 79.9. The topological polar surface area (TPSA) is 82.1 Å². The van der Waals surface area contributed by atoms with Crippen LogP contribution in [0.1, 0.15) is 26.3 Å². The smallest absolute Gasteiger partial charge is 0.326 e. The average Bonchev–Trinajstić information content (AvgIpc) is 2.93. The highest BCUT2D eigenvalue weighted by molar-refractivity contribution is 9.10. The monoisotopic (exact) mass is 497 g/mol. The number of halogens is 1. The van der Waals surface area contributed by atoms with E-state index < -0.39 is 23.7 Å². The second-order valence-electron chi connectivity index (χ2n) is 6.71. The van der Waals surface area contributed by atoms with E-state index in [9.17, 15) is 14.4 Å². The molecule has 2 amide bonds. The first-order valence-corrected chi connectivity index (χ1v) is 11.0. The number of nitrogens with zero attached hydrogens (tertiary/aromatic N) is 1. The molecule has 0 bridgehead atoms. The van der Waals surface area contributed by atoms with Crippen LogP contribution in [0, 0.1) is 5.92 Å². The van der Waals surface area contributed by atoms with Gasteiger partial charge in [-0.2, -0.15) is 0 Å². The molecule has 0 saturated carbocycles. The van der Waals surface area contributed by atoms with Crippen LogP contribution in [0.5, 0.6) is 11.5 Å². The van der Waals surface area contributed by atoms with Crippen molar-refractivity contribution in [3.05, 3.63) is 39.7 Å². The summed E-state index contributed by atoms with van der Waals surface area (Å²) >= 11 is 4.23. The Morgan fingerprint density at radius 3 is 2.67 bits per heavy atom. The predicted octanol–water partition coefficient (Wildman–Crippen LogP) is 4.65. The van der Waals surface area contributed by atoms with E-state index in [0.29, 0.717) is 34.7 Å². The van der Waals surface area contributed by atoms with E-state index in [4.69, 9.17) is 14.2 Å². The Morgan fingerprint density at radius 1 is 1.30 bits per heavy atom. The molecule has 30 heavy (non-hydrogen) atoms. The van der Waals surface area contributed by atoms with Crippen molar-refractivity contribution in [3.8, 4) is 11.5 Å². The van der Waals surface area contributed by atoms with Crippen LogP contribution in [-0.4, -0.2) is 48.4 Å². The first-order chi connectivity index (χ1) is 14.3. The summed E-state index contributed by atoms with van der Waals surface area (Å²) in [5.41, 5.74) is 0.643. The van der Waals surface area contributed by atoms with E-state index in [1.165, 1.54) is 0 Å². The lowest BCUT2D eigenvalue weighted by Gasteiger charge is -2.14. The Kier molecular flexibility index (Phi) is 8.98. The number of esters is 1. The number of rotatable bonds is 10. The molecule has 162 valence electrons. The second-order valence-corrected chi connectivity index (χ2v) is 8.55. The van der Waals surface area contributed by atoms with Crippen LogP contribution in [0.15, 0.2) is 34.2 Å². The molecule has 1 aliphatic rings. The third kappa shape index (κ3) is 6.37. The van der Waals surface area contributed by atoms with Crippen LogP contribution >= 0.6 is 27.7 Å². The van der Waals surface area contributed by atoms with Crippen LogP contribution in [0.3, 0.4) is 0 Å².